The second kappa shape index (κ2) is 8.31. The average Bonchev–Trinajstić information content (AvgIpc) is 3.01. The lowest BCUT2D eigenvalue weighted by atomic mass is 10.2. The van der Waals surface area contributed by atoms with E-state index in [0.717, 1.165) is 12.5 Å². The lowest BCUT2D eigenvalue weighted by molar-refractivity contribution is -0.141. The van der Waals surface area contributed by atoms with Crippen LogP contribution in [0.5, 0.6) is 0 Å². The molecule has 100 valence electrons. The number of ether oxygens (including phenoxy) is 1. The molecule has 1 rings (SSSR count). The molecule has 0 aromatic rings. The second-order valence-corrected chi connectivity index (χ2v) is 4.32. The maximum atomic E-state index is 11.4. The van der Waals surface area contributed by atoms with Crippen LogP contribution in [0.1, 0.15) is 26.2 Å². The van der Waals surface area contributed by atoms with Crippen LogP contribution in [0.3, 0.4) is 0 Å². The van der Waals surface area contributed by atoms with Crippen molar-refractivity contribution in [1.29, 1.82) is 0 Å². The highest BCUT2D eigenvalue weighted by molar-refractivity contribution is 5.85. The van der Waals surface area contributed by atoms with Gasteiger partial charge in [0.2, 0.25) is 5.91 Å². The summed E-state index contributed by atoms with van der Waals surface area (Å²) >= 11 is 0. The van der Waals surface area contributed by atoms with E-state index in [1.54, 1.807) is 6.92 Å². The maximum Gasteiger partial charge on any atom is 0.307 e. The normalized spacial score (nSPS) is 15.6. The van der Waals surface area contributed by atoms with E-state index in [-0.39, 0.29) is 36.7 Å². The fourth-order valence-corrected chi connectivity index (χ4v) is 1.42. The van der Waals surface area contributed by atoms with Gasteiger partial charge in [-0.05, 0) is 32.2 Å². The summed E-state index contributed by atoms with van der Waals surface area (Å²) in [5, 5.41) is 5.83. The monoisotopic (exact) mass is 264 g/mol. The lowest BCUT2D eigenvalue weighted by Crippen LogP contribution is -2.40. The van der Waals surface area contributed by atoms with E-state index in [1.807, 2.05) is 0 Å². The molecule has 1 fully saturated rings. The fourth-order valence-electron chi connectivity index (χ4n) is 1.42. The van der Waals surface area contributed by atoms with E-state index in [1.165, 1.54) is 20.0 Å². The Bertz CT molecular complexity index is 257. The molecular weight excluding hydrogens is 244 g/mol. The van der Waals surface area contributed by atoms with Crippen molar-refractivity contribution in [1.82, 2.24) is 10.6 Å². The van der Waals surface area contributed by atoms with Crippen molar-refractivity contribution < 1.29 is 14.3 Å². The first-order valence-electron chi connectivity index (χ1n) is 5.68. The standard InChI is InChI=1S/C11H20N2O3.ClH/c1-8(5-11(15)16-2)13-10(14)7-12-6-9-3-4-9;/h8-9,12H,3-7H2,1-2H3,(H,13,14);1H. The van der Waals surface area contributed by atoms with Crippen LogP contribution < -0.4 is 10.6 Å². The highest BCUT2D eigenvalue weighted by Crippen LogP contribution is 2.27. The Morgan fingerprint density at radius 2 is 2.06 bits per heavy atom. The first kappa shape index (κ1) is 16.2. The molecule has 0 bridgehead atoms. The number of rotatable bonds is 7. The van der Waals surface area contributed by atoms with Gasteiger partial charge in [0, 0.05) is 6.04 Å². The second-order valence-electron chi connectivity index (χ2n) is 4.32. The highest BCUT2D eigenvalue weighted by atomic mass is 35.5. The lowest BCUT2D eigenvalue weighted by Gasteiger charge is -2.12. The number of hydrogen-bond donors (Lipinski definition) is 2. The predicted octanol–water partition coefficient (Wildman–Crippen LogP) is 0.476. The van der Waals surface area contributed by atoms with E-state index in [4.69, 9.17) is 0 Å². The van der Waals surface area contributed by atoms with E-state index in [2.05, 4.69) is 15.4 Å². The minimum atomic E-state index is -0.307. The number of nitrogens with one attached hydrogen (secondary N) is 2. The molecule has 0 aliphatic heterocycles. The van der Waals surface area contributed by atoms with E-state index < -0.39 is 0 Å². The molecule has 1 aliphatic rings. The van der Waals surface area contributed by atoms with Gasteiger partial charge in [0.05, 0.1) is 20.1 Å². The Kier molecular flexibility index (Phi) is 7.91. The van der Waals surface area contributed by atoms with Gasteiger partial charge in [0.15, 0.2) is 0 Å². The zero-order chi connectivity index (χ0) is 12.0. The summed E-state index contributed by atoms with van der Waals surface area (Å²) in [7, 11) is 1.34. The van der Waals surface area contributed by atoms with Crippen LogP contribution in [0.2, 0.25) is 0 Å². The summed E-state index contributed by atoms with van der Waals surface area (Å²) in [4.78, 5) is 22.3. The number of amides is 1. The van der Waals surface area contributed by atoms with E-state index in [9.17, 15) is 9.59 Å². The maximum absolute atomic E-state index is 11.4. The third kappa shape index (κ3) is 7.99. The van der Waals surface area contributed by atoms with Crippen LogP contribution in [0.25, 0.3) is 0 Å². The number of halogens is 1. The summed E-state index contributed by atoms with van der Waals surface area (Å²) in [6.07, 6.45) is 2.76. The molecule has 0 aromatic heterocycles. The largest absolute Gasteiger partial charge is 0.469 e. The third-order valence-corrected chi connectivity index (χ3v) is 2.52. The zero-order valence-corrected chi connectivity index (χ0v) is 11.1. The van der Waals surface area contributed by atoms with Crippen LogP contribution in [-0.4, -0.2) is 38.1 Å². The molecule has 0 heterocycles. The van der Waals surface area contributed by atoms with E-state index in [0.29, 0.717) is 6.54 Å². The van der Waals surface area contributed by atoms with Crippen molar-refractivity contribution in [2.75, 3.05) is 20.2 Å². The molecule has 0 radical (unpaired) electrons. The van der Waals surface area contributed by atoms with E-state index >= 15 is 0 Å². The smallest absolute Gasteiger partial charge is 0.307 e. The molecule has 0 spiro atoms. The molecule has 1 saturated carbocycles. The number of methoxy groups -OCH3 is 1. The number of hydrogen-bond acceptors (Lipinski definition) is 4. The molecule has 6 heteroatoms. The molecule has 1 amide bonds. The van der Waals surface area contributed by atoms with Crippen LogP contribution >= 0.6 is 12.4 Å². The van der Waals surface area contributed by atoms with Gasteiger partial charge < -0.3 is 15.4 Å². The molecular formula is C11H21ClN2O3. The molecule has 1 atom stereocenters. The first-order valence-corrected chi connectivity index (χ1v) is 5.68. The minimum Gasteiger partial charge on any atom is -0.469 e. The van der Waals surface area contributed by atoms with Gasteiger partial charge >= 0.3 is 5.97 Å². The van der Waals surface area contributed by atoms with Crippen molar-refractivity contribution >= 4 is 24.3 Å². The third-order valence-electron chi connectivity index (χ3n) is 2.52. The number of esters is 1. The fraction of sp³-hybridized carbons (Fsp3) is 0.818. The molecule has 5 nitrogen and oxygen atoms in total. The van der Waals surface area contributed by atoms with Crippen LogP contribution in [0, 0.1) is 5.92 Å². The van der Waals surface area contributed by atoms with Crippen LogP contribution in [0.15, 0.2) is 0 Å². The Balaban J connectivity index is 0.00000256. The molecule has 0 aromatic carbocycles. The molecule has 17 heavy (non-hydrogen) atoms. The molecule has 1 aliphatic carbocycles. The molecule has 0 saturated heterocycles. The molecule has 2 N–H and O–H groups in total. The number of carbonyl (C=O) groups is 2. The van der Waals surface area contributed by atoms with Crippen LogP contribution in [-0.2, 0) is 14.3 Å². The highest BCUT2D eigenvalue weighted by Gasteiger charge is 2.20. The van der Waals surface area contributed by atoms with Gasteiger partial charge in [-0.3, -0.25) is 9.59 Å². The minimum absolute atomic E-state index is 0. The van der Waals surface area contributed by atoms with Crippen molar-refractivity contribution in [3.05, 3.63) is 0 Å². The van der Waals surface area contributed by atoms with Crippen molar-refractivity contribution in [2.45, 2.75) is 32.2 Å². The van der Waals surface area contributed by atoms with Crippen molar-refractivity contribution in [3.63, 3.8) is 0 Å². The van der Waals surface area contributed by atoms with Crippen LogP contribution in [0.4, 0.5) is 0 Å². The first-order chi connectivity index (χ1) is 7.61. The topological polar surface area (TPSA) is 67.4 Å². The van der Waals surface area contributed by atoms with Gasteiger partial charge in [0.1, 0.15) is 0 Å². The Morgan fingerprint density at radius 3 is 2.59 bits per heavy atom. The number of carbonyl (C=O) groups excluding carboxylic acids is 2. The van der Waals surface area contributed by atoms with Gasteiger partial charge in [-0.15, -0.1) is 12.4 Å². The van der Waals surface area contributed by atoms with Gasteiger partial charge in [-0.25, -0.2) is 0 Å². The average molecular weight is 265 g/mol. The Hall–Kier alpha value is -0.810. The van der Waals surface area contributed by atoms with Crippen molar-refractivity contribution in [2.24, 2.45) is 5.92 Å². The quantitative estimate of drug-likeness (QED) is 0.656. The molecule has 1 unspecified atom stereocenters. The predicted molar refractivity (Wildman–Crippen MR) is 67.1 cm³/mol. The van der Waals surface area contributed by atoms with Gasteiger partial charge in [-0.2, -0.15) is 0 Å². The zero-order valence-electron chi connectivity index (χ0n) is 10.3. The van der Waals surface area contributed by atoms with Gasteiger partial charge in [0.25, 0.3) is 0 Å². The summed E-state index contributed by atoms with van der Waals surface area (Å²) < 4.78 is 4.52. The summed E-state index contributed by atoms with van der Waals surface area (Å²) in [6.45, 7) is 3.02. The Labute approximate surface area is 108 Å². The summed E-state index contributed by atoms with van der Waals surface area (Å²) in [6, 6.07) is -0.178. The SMILES string of the molecule is COC(=O)CC(C)NC(=O)CNCC1CC1.Cl. The summed E-state index contributed by atoms with van der Waals surface area (Å²) in [5.41, 5.74) is 0. The van der Waals surface area contributed by atoms with Crippen molar-refractivity contribution in [3.8, 4) is 0 Å². The van der Waals surface area contributed by atoms with Gasteiger partial charge in [-0.1, -0.05) is 0 Å². The Morgan fingerprint density at radius 1 is 1.41 bits per heavy atom. The summed E-state index contributed by atoms with van der Waals surface area (Å²) in [5.74, 6) is 0.385.